The highest BCUT2D eigenvalue weighted by Crippen LogP contribution is 2.33. The number of ether oxygens (including phenoxy) is 1. The van der Waals surface area contributed by atoms with Gasteiger partial charge in [-0.25, -0.2) is 5.84 Å². The molecule has 31 heavy (non-hydrogen) atoms. The first-order chi connectivity index (χ1) is 14.8. The lowest BCUT2D eigenvalue weighted by Gasteiger charge is -2.24. The number of hydrogen-bond acceptors (Lipinski definition) is 6. The molecule has 1 saturated heterocycles. The first-order valence-electron chi connectivity index (χ1n) is 10.9. The zero-order valence-electron chi connectivity index (χ0n) is 19.1. The van der Waals surface area contributed by atoms with E-state index in [9.17, 15) is 0 Å². The summed E-state index contributed by atoms with van der Waals surface area (Å²) in [5.74, 6) is 6.68. The van der Waals surface area contributed by atoms with E-state index >= 15 is 0 Å². The highest BCUT2D eigenvalue weighted by Gasteiger charge is 2.20. The van der Waals surface area contributed by atoms with E-state index in [0.717, 1.165) is 61.4 Å². The first-order valence-corrected chi connectivity index (χ1v) is 10.9. The van der Waals surface area contributed by atoms with Crippen LogP contribution in [0.5, 0.6) is 0 Å². The van der Waals surface area contributed by atoms with E-state index in [1.807, 2.05) is 13.1 Å². The molecule has 7 heteroatoms. The SMILES string of the molecule is C/C(N)=C(\c1cnc2c3ccc(CN(C)C)cc3n(CC3CCOCC3)c2c1)N(C)N. The van der Waals surface area contributed by atoms with Crippen molar-refractivity contribution in [1.82, 2.24) is 19.5 Å². The Hall–Kier alpha value is -2.61. The molecule has 1 aliphatic rings. The summed E-state index contributed by atoms with van der Waals surface area (Å²) >= 11 is 0. The highest BCUT2D eigenvalue weighted by atomic mass is 16.5. The Kier molecular flexibility index (Phi) is 6.18. The largest absolute Gasteiger partial charge is 0.401 e. The van der Waals surface area contributed by atoms with Gasteiger partial charge in [-0.1, -0.05) is 12.1 Å². The van der Waals surface area contributed by atoms with Crippen molar-refractivity contribution < 1.29 is 4.74 Å². The van der Waals surface area contributed by atoms with E-state index in [1.165, 1.54) is 16.5 Å². The summed E-state index contributed by atoms with van der Waals surface area (Å²) in [4.78, 5) is 7.07. The fraction of sp³-hybridized carbons (Fsp3) is 0.458. The van der Waals surface area contributed by atoms with Gasteiger partial charge in [0.2, 0.25) is 0 Å². The van der Waals surface area contributed by atoms with Crippen molar-refractivity contribution in [3.63, 3.8) is 0 Å². The molecule has 3 heterocycles. The van der Waals surface area contributed by atoms with Gasteiger partial charge in [-0.05, 0) is 57.5 Å². The van der Waals surface area contributed by atoms with Crippen molar-refractivity contribution in [1.29, 1.82) is 0 Å². The predicted molar refractivity (Wildman–Crippen MR) is 127 cm³/mol. The number of rotatable bonds is 6. The number of benzene rings is 1. The molecule has 0 bridgehead atoms. The number of hydrazine groups is 1. The third-order valence-corrected chi connectivity index (χ3v) is 6.05. The standard InChI is InChI=1S/C24H34N6O/c1-16(25)24(29(4)26)19-12-22-23(27-13-19)20-6-5-18(14-28(2)3)11-21(20)30(22)15-17-7-9-31-10-8-17/h5-6,11-13,17H,7-10,14-15,25-26H2,1-4H3/b24-16-. The second-order valence-corrected chi connectivity index (χ2v) is 8.99. The number of nitrogens with two attached hydrogens (primary N) is 2. The second kappa shape index (κ2) is 8.86. The van der Waals surface area contributed by atoms with Crippen LogP contribution < -0.4 is 11.6 Å². The molecule has 0 atom stereocenters. The van der Waals surface area contributed by atoms with Gasteiger partial charge in [0.1, 0.15) is 0 Å². The minimum absolute atomic E-state index is 0.595. The van der Waals surface area contributed by atoms with Crippen LogP contribution in [0.3, 0.4) is 0 Å². The van der Waals surface area contributed by atoms with Crippen LogP contribution in [0.4, 0.5) is 0 Å². The van der Waals surface area contributed by atoms with E-state index in [0.29, 0.717) is 11.6 Å². The van der Waals surface area contributed by atoms with Crippen LogP contribution in [0.1, 0.15) is 30.9 Å². The summed E-state index contributed by atoms with van der Waals surface area (Å²) < 4.78 is 8.03. The average Bonchev–Trinajstić information content (AvgIpc) is 3.00. The van der Waals surface area contributed by atoms with E-state index < -0.39 is 0 Å². The molecule has 1 fully saturated rings. The van der Waals surface area contributed by atoms with Gasteiger partial charge in [0, 0.05) is 56.2 Å². The Balaban J connectivity index is 1.91. The highest BCUT2D eigenvalue weighted by molar-refractivity contribution is 6.06. The summed E-state index contributed by atoms with van der Waals surface area (Å²) in [5, 5.41) is 2.76. The fourth-order valence-corrected chi connectivity index (χ4v) is 4.68. The van der Waals surface area contributed by atoms with Crippen molar-refractivity contribution in [3.05, 3.63) is 47.3 Å². The quantitative estimate of drug-likeness (QED) is 0.469. The lowest BCUT2D eigenvalue weighted by atomic mass is 10.00. The molecule has 3 aromatic rings. The summed E-state index contributed by atoms with van der Waals surface area (Å²) in [6.45, 7) is 5.42. The van der Waals surface area contributed by atoms with Gasteiger partial charge in [-0.15, -0.1) is 0 Å². The molecule has 7 nitrogen and oxygen atoms in total. The summed E-state index contributed by atoms with van der Waals surface area (Å²) in [7, 11) is 6.00. The molecule has 0 radical (unpaired) electrons. The average molecular weight is 423 g/mol. The summed E-state index contributed by atoms with van der Waals surface area (Å²) in [5.41, 5.74) is 13.2. The van der Waals surface area contributed by atoms with Crippen molar-refractivity contribution in [2.75, 3.05) is 34.4 Å². The molecule has 0 spiro atoms. The third kappa shape index (κ3) is 4.39. The predicted octanol–water partition coefficient (Wildman–Crippen LogP) is 3.13. The van der Waals surface area contributed by atoms with E-state index in [-0.39, 0.29) is 0 Å². The van der Waals surface area contributed by atoms with Gasteiger partial charge in [0.05, 0.1) is 22.2 Å². The number of hydrogen-bond donors (Lipinski definition) is 2. The van der Waals surface area contributed by atoms with Gasteiger partial charge in [0.25, 0.3) is 0 Å². The van der Waals surface area contributed by atoms with Crippen LogP contribution in [0.25, 0.3) is 27.6 Å². The molecule has 0 aliphatic carbocycles. The molecule has 0 amide bonds. The van der Waals surface area contributed by atoms with Crippen LogP contribution in [0.2, 0.25) is 0 Å². The molecule has 0 saturated carbocycles. The number of nitrogens with zero attached hydrogens (tertiary/aromatic N) is 4. The number of allylic oxidation sites excluding steroid dienone is 1. The first kappa shape index (κ1) is 21.6. The van der Waals surface area contributed by atoms with E-state index in [4.69, 9.17) is 21.3 Å². The molecular formula is C24H34N6O. The molecule has 4 N–H and O–H groups in total. The van der Waals surface area contributed by atoms with Gasteiger partial charge in [-0.2, -0.15) is 0 Å². The van der Waals surface area contributed by atoms with Crippen molar-refractivity contribution >= 4 is 27.6 Å². The topological polar surface area (TPSA) is 85.6 Å². The maximum absolute atomic E-state index is 6.15. The van der Waals surface area contributed by atoms with Crippen LogP contribution >= 0.6 is 0 Å². The lowest BCUT2D eigenvalue weighted by molar-refractivity contribution is 0.0619. The Bertz CT molecular complexity index is 1100. The van der Waals surface area contributed by atoms with Crippen LogP contribution in [-0.2, 0) is 17.8 Å². The molecule has 1 aliphatic heterocycles. The third-order valence-electron chi connectivity index (χ3n) is 6.05. The smallest absolute Gasteiger partial charge is 0.0960 e. The molecule has 0 unspecified atom stereocenters. The van der Waals surface area contributed by atoms with Crippen LogP contribution in [0.15, 0.2) is 36.2 Å². The Morgan fingerprint density at radius 2 is 1.90 bits per heavy atom. The maximum Gasteiger partial charge on any atom is 0.0960 e. The Labute approximate surface area is 184 Å². The number of pyridine rings is 1. The van der Waals surface area contributed by atoms with Crippen molar-refractivity contribution in [2.24, 2.45) is 17.5 Å². The van der Waals surface area contributed by atoms with E-state index in [1.54, 1.807) is 12.1 Å². The van der Waals surface area contributed by atoms with E-state index in [2.05, 4.69) is 47.8 Å². The van der Waals surface area contributed by atoms with Gasteiger partial charge in [0.15, 0.2) is 0 Å². The van der Waals surface area contributed by atoms with Crippen LogP contribution in [-0.4, -0.2) is 53.8 Å². The maximum atomic E-state index is 6.15. The fourth-order valence-electron chi connectivity index (χ4n) is 4.68. The van der Waals surface area contributed by atoms with Gasteiger partial charge >= 0.3 is 0 Å². The number of fused-ring (bicyclic) bond motifs is 3. The Morgan fingerprint density at radius 1 is 1.16 bits per heavy atom. The van der Waals surface area contributed by atoms with Crippen molar-refractivity contribution in [2.45, 2.75) is 32.9 Å². The van der Waals surface area contributed by atoms with Gasteiger partial charge in [-0.3, -0.25) is 4.98 Å². The normalized spacial score (nSPS) is 16.3. The minimum atomic E-state index is 0.595. The monoisotopic (exact) mass is 422 g/mol. The molecule has 2 aromatic heterocycles. The number of aromatic nitrogens is 2. The van der Waals surface area contributed by atoms with Crippen LogP contribution in [0, 0.1) is 5.92 Å². The summed E-state index contributed by atoms with van der Waals surface area (Å²) in [6, 6.07) is 8.92. The lowest BCUT2D eigenvalue weighted by Crippen LogP contribution is -2.26. The molecule has 4 rings (SSSR count). The second-order valence-electron chi connectivity index (χ2n) is 8.99. The van der Waals surface area contributed by atoms with Crippen molar-refractivity contribution in [3.8, 4) is 0 Å². The zero-order chi connectivity index (χ0) is 22.1. The molecule has 166 valence electrons. The van der Waals surface area contributed by atoms with Gasteiger partial charge < -0.3 is 24.9 Å². The Morgan fingerprint density at radius 3 is 2.55 bits per heavy atom. The summed E-state index contributed by atoms with van der Waals surface area (Å²) in [6.07, 6.45) is 4.05. The molecule has 1 aromatic carbocycles. The minimum Gasteiger partial charge on any atom is -0.401 e. The zero-order valence-corrected chi connectivity index (χ0v) is 19.1. The molecular weight excluding hydrogens is 388 g/mol.